The number of halogens is 1. The lowest BCUT2D eigenvalue weighted by Gasteiger charge is -1.94. The van der Waals surface area contributed by atoms with Crippen LogP contribution in [0, 0.1) is 6.92 Å². The molecule has 0 aliphatic rings. The molecule has 3 heterocycles. The van der Waals surface area contributed by atoms with Crippen LogP contribution in [0.1, 0.15) is 11.6 Å². The molecule has 3 rings (SSSR count). The van der Waals surface area contributed by atoms with Crippen molar-refractivity contribution in [3.05, 3.63) is 28.4 Å². The van der Waals surface area contributed by atoms with Crippen LogP contribution in [0.25, 0.3) is 11.7 Å². The smallest absolute Gasteiger partial charge is 0.283 e. The molecule has 20 heavy (non-hydrogen) atoms. The number of anilines is 1. The molecule has 0 amide bonds. The van der Waals surface area contributed by atoms with Crippen LogP contribution in [0.15, 0.2) is 29.8 Å². The van der Waals surface area contributed by atoms with Crippen molar-refractivity contribution in [2.45, 2.75) is 16.9 Å². The average molecular weight is 373 g/mol. The first-order valence-corrected chi connectivity index (χ1v) is 8.15. The molecule has 3 aromatic rings. The van der Waals surface area contributed by atoms with Gasteiger partial charge in [0.1, 0.15) is 0 Å². The van der Waals surface area contributed by atoms with Gasteiger partial charge in [-0.25, -0.2) is 4.98 Å². The van der Waals surface area contributed by atoms with Crippen LogP contribution in [0.2, 0.25) is 0 Å². The Morgan fingerprint density at radius 2 is 2.20 bits per heavy atom. The van der Waals surface area contributed by atoms with Gasteiger partial charge in [0, 0.05) is 0 Å². The van der Waals surface area contributed by atoms with E-state index < -0.39 is 0 Å². The van der Waals surface area contributed by atoms with Crippen molar-refractivity contribution in [3.63, 3.8) is 0 Å². The van der Waals surface area contributed by atoms with E-state index in [1.807, 2.05) is 6.92 Å². The monoisotopic (exact) mass is 372 g/mol. The molecule has 2 N–H and O–H groups in total. The van der Waals surface area contributed by atoms with Gasteiger partial charge >= 0.3 is 0 Å². The molecule has 9 heteroatoms. The number of thioether (sulfide) groups is 1. The van der Waals surface area contributed by atoms with Crippen molar-refractivity contribution in [1.82, 2.24) is 15.2 Å². The van der Waals surface area contributed by atoms with Gasteiger partial charge in [0.15, 0.2) is 15.6 Å². The Morgan fingerprint density at radius 3 is 2.85 bits per heavy atom. The summed E-state index contributed by atoms with van der Waals surface area (Å²) in [6, 6.07) is 3.54. The van der Waals surface area contributed by atoms with E-state index in [4.69, 9.17) is 14.6 Å². The molecule has 0 radical (unpaired) electrons. The van der Waals surface area contributed by atoms with Crippen molar-refractivity contribution in [2.75, 3.05) is 5.73 Å². The molecule has 0 atom stereocenters. The zero-order valence-corrected chi connectivity index (χ0v) is 13.5. The lowest BCUT2D eigenvalue weighted by Crippen LogP contribution is -1.81. The number of aromatic nitrogens is 3. The molecule has 0 saturated heterocycles. The fourth-order valence-corrected chi connectivity index (χ4v) is 3.67. The standard InChI is InChI=1S/C11H9BrN4O2S2/c1-5-10(20-11(13)14-5)19-4-8-15-16-9(18-8)6-2-3-7(12)17-6/h2-3H,4H2,1H3,(H2,13,14). The van der Waals surface area contributed by atoms with E-state index in [0.717, 1.165) is 9.90 Å². The molecule has 6 nitrogen and oxygen atoms in total. The van der Waals surface area contributed by atoms with Crippen molar-refractivity contribution in [2.24, 2.45) is 0 Å². The van der Waals surface area contributed by atoms with Gasteiger partial charge in [0.25, 0.3) is 5.89 Å². The number of nitrogens with two attached hydrogens (primary N) is 1. The first-order valence-electron chi connectivity index (χ1n) is 5.55. The first kappa shape index (κ1) is 13.7. The molecule has 0 fully saturated rings. The Morgan fingerprint density at radius 1 is 1.35 bits per heavy atom. The molecule has 0 aromatic carbocycles. The van der Waals surface area contributed by atoms with Gasteiger partial charge in [0.05, 0.1) is 15.7 Å². The average Bonchev–Trinajstić information content (AvgIpc) is 3.08. The highest BCUT2D eigenvalue weighted by Gasteiger charge is 2.13. The normalized spacial score (nSPS) is 11.1. The minimum atomic E-state index is 0.367. The fraction of sp³-hybridized carbons (Fsp3) is 0.182. The van der Waals surface area contributed by atoms with Crippen LogP contribution < -0.4 is 5.73 Å². The Labute approximate surface area is 130 Å². The Bertz CT molecular complexity index is 736. The number of hydrogen-bond donors (Lipinski definition) is 1. The third-order valence-corrected chi connectivity index (χ3v) is 5.11. The zero-order valence-electron chi connectivity index (χ0n) is 10.3. The third-order valence-electron chi connectivity index (χ3n) is 2.35. The fourth-order valence-electron chi connectivity index (χ4n) is 1.50. The van der Waals surface area contributed by atoms with E-state index in [1.165, 1.54) is 11.3 Å². The molecule has 0 unspecified atom stereocenters. The van der Waals surface area contributed by atoms with E-state index in [9.17, 15) is 0 Å². The number of aryl methyl sites for hydroxylation is 1. The maximum atomic E-state index is 5.66. The summed E-state index contributed by atoms with van der Waals surface area (Å²) in [5.41, 5.74) is 6.58. The minimum absolute atomic E-state index is 0.367. The molecule has 3 aromatic heterocycles. The lowest BCUT2D eigenvalue weighted by atomic mass is 10.5. The zero-order chi connectivity index (χ0) is 14.1. The molecule has 0 saturated carbocycles. The predicted octanol–water partition coefficient (Wildman–Crippen LogP) is 3.73. The number of thiazole rings is 1. The summed E-state index contributed by atoms with van der Waals surface area (Å²) in [5, 5.41) is 8.52. The first-order chi connectivity index (χ1) is 9.61. The Hall–Kier alpha value is -1.32. The van der Waals surface area contributed by atoms with Crippen LogP contribution in [0.3, 0.4) is 0 Å². The summed E-state index contributed by atoms with van der Waals surface area (Å²) in [4.78, 5) is 4.17. The van der Waals surface area contributed by atoms with Crippen molar-refractivity contribution in [3.8, 4) is 11.7 Å². The largest absolute Gasteiger partial charge is 0.444 e. The Kier molecular flexibility index (Phi) is 3.81. The van der Waals surface area contributed by atoms with Crippen molar-refractivity contribution < 1.29 is 8.83 Å². The summed E-state index contributed by atoms with van der Waals surface area (Å²) < 4.78 is 12.6. The Balaban J connectivity index is 1.70. The SMILES string of the molecule is Cc1nc(N)sc1SCc1nnc(-c2ccc(Br)o2)o1. The molecule has 0 aliphatic carbocycles. The van der Waals surface area contributed by atoms with E-state index >= 15 is 0 Å². The van der Waals surface area contributed by atoms with Crippen molar-refractivity contribution in [1.29, 1.82) is 0 Å². The van der Waals surface area contributed by atoms with Crippen LogP contribution in [-0.2, 0) is 5.75 Å². The molecular formula is C11H9BrN4O2S2. The highest BCUT2D eigenvalue weighted by atomic mass is 79.9. The topological polar surface area (TPSA) is 91.0 Å². The number of nitrogen functional groups attached to an aromatic ring is 1. The summed E-state index contributed by atoms with van der Waals surface area (Å²) in [7, 11) is 0. The molecular weight excluding hydrogens is 364 g/mol. The molecule has 0 spiro atoms. The van der Waals surface area contributed by atoms with Gasteiger partial charge < -0.3 is 14.6 Å². The lowest BCUT2D eigenvalue weighted by molar-refractivity contribution is 0.486. The minimum Gasteiger partial charge on any atom is -0.444 e. The van der Waals surface area contributed by atoms with Gasteiger partial charge in [0.2, 0.25) is 5.89 Å². The quantitative estimate of drug-likeness (QED) is 0.697. The summed E-state index contributed by atoms with van der Waals surface area (Å²) >= 11 is 6.26. The van der Waals surface area contributed by atoms with E-state index in [2.05, 4.69) is 31.1 Å². The summed E-state index contributed by atoms with van der Waals surface area (Å²) in [6.07, 6.45) is 0. The third kappa shape index (κ3) is 2.89. The van der Waals surface area contributed by atoms with Gasteiger partial charge in [-0.3, -0.25) is 0 Å². The second-order valence-electron chi connectivity index (χ2n) is 3.82. The summed E-state index contributed by atoms with van der Waals surface area (Å²) in [5.74, 6) is 2.01. The van der Waals surface area contributed by atoms with Gasteiger partial charge in [-0.15, -0.1) is 22.0 Å². The van der Waals surface area contributed by atoms with Crippen LogP contribution >= 0.6 is 39.0 Å². The highest BCUT2D eigenvalue weighted by molar-refractivity contribution is 9.10. The predicted molar refractivity (Wildman–Crippen MR) is 80.5 cm³/mol. The van der Waals surface area contributed by atoms with Crippen LogP contribution in [0.5, 0.6) is 0 Å². The van der Waals surface area contributed by atoms with Gasteiger partial charge in [-0.1, -0.05) is 11.3 Å². The molecule has 104 valence electrons. The number of furan rings is 1. The van der Waals surface area contributed by atoms with E-state index in [-0.39, 0.29) is 0 Å². The molecule has 0 bridgehead atoms. The van der Waals surface area contributed by atoms with Crippen LogP contribution in [-0.4, -0.2) is 15.2 Å². The van der Waals surface area contributed by atoms with Crippen LogP contribution in [0.4, 0.5) is 5.13 Å². The molecule has 0 aliphatic heterocycles. The maximum Gasteiger partial charge on any atom is 0.283 e. The van der Waals surface area contributed by atoms with Gasteiger partial charge in [-0.2, -0.15) is 0 Å². The van der Waals surface area contributed by atoms with Gasteiger partial charge in [-0.05, 0) is 35.0 Å². The highest BCUT2D eigenvalue weighted by Crippen LogP contribution is 2.33. The number of rotatable bonds is 4. The second kappa shape index (κ2) is 5.58. The summed E-state index contributed by atoms with van der Waals surface area (Å²) in [6.45, 7) is 1.93. The number of hydrogen-bond acceptors (Lipinski definition) is 8. The second-order valence-corrected chi connectivity index (χ2v) is 6.87. The van der Waals surface area contributed by atoms with E-state index in [0.29, 0.717) is 33.1 Å². The van der Waals surface area contributed by atoms with E-state index in [1.54, 1.807) is 23.9 Å². The van der Waals surface area contributed by atoms with Crippen molar-refractivity contribution >= 4 is 44.2 Å². The maximum absolute atomic E-state index is 5.66. The number of nitrogens with zero attached hydrogens (tertiary/aromatic N) is 3.